The number of oxime groups is 1. The summed E-state index contributed by atoms with van der Waals surface area (Å²) in [7, 11) is 0. The SMILES string of the molecule is CCCCCC(=O)CC1CC(c2ccc(F)cc2F)=NO1. The van der Waals surface area contributed by atoms with Crippen LogP contribution in [0.25, 0.3) is 0 Å². The Labute approximate surface area is 123 Å². The van der Waals surface area contributed by atoms with Crippen LogP contribution < -0.4 is 0 Å². The molecule has 1 unspecified atom stereocenters. The standard InChI is InChI=1S/C16H19F2NO2/c1-2-3-4-5-12(20)9-13-10-16(19-21-13)14-7-6-11(17)8-15(14)18/h6-8,13H,2-5,9-10H2,1H3. The smallest absolute Gasteiger partial charge is 0.140 e. The van der Waals surface area contributed by atoms with E-state index in [2.05, 4.69) is 12.1 Å². The maximum atomic E-state index is 13.7. The Hall–Kier alpha value is -1.78. The lowest BCUT2D eigenvalue weighted by atomic mass is 10.00. The molecule has 1 aromatic carbocycles. The van der Waals surface area contributed by atoms with Gasteiger partial charge in [0.25, 0.3) is 0 Å². The second kappa shape index (κ2) is 7.29. The van der Waals surface area contributed by atoms with Gasteiger partial charge in [-0.2, -0.15) is 0 Å². The van der Waals surface area contributed by atoms with E-state index in [1.54, 1.807) is 0 Å². The van der Waals surface area contributed by atoms with E-state index in [1.807, 2.05) is 0 Å². The first-order valence-corrected chi connectivity index (χ1v) is 7.30. The molecule has 0 saturated heterocycles. The van der Waals surface area contributed by atoms with Gasteiger partial charge >= 0.3 is 0 Å². The van der Waals surface area contributed by atoms with E-state index in [1.165, 1.54) is 12.1 Å². The van der Waals surface area contributed by atoms with Crippen molar-refractivity contribution < 1.29 is 18.4 Å². The van der Waals surface area contributed by atoms with E-state index in [9.17, 15) is 13.6 Å². The van der Waals surface area contributed by atoms with Crippen LogP contribution >= 0.6 is 0 Å². The number of hydrogen-bond acceptors (Lipinski definition) is 3. The lowest BCUT2D eigenvalue weighted by Gasteiger charge is -2.07. The number of nitrogens with zero attached hydrogens (tertiary/aromatic N) is 1. The molecule has 0 N–H and O–H groups in total. The summed E-state index contributed by atoms with van der Waals surface area (Å²) in [6.45, 7) is 2.09. The van der Waals surface area contributed by atoms with Crippen LogP contribution in [-0.2, 0) is 9.63 Å². The fourth-order valence-electron chi connectivity index (χ4n) is 2.35. The molecule has 0 radical (unpaired) electrons. The summed E-state index contributed by atoms with van der Waals surface area (Å²) in [5.41, 5.74) is 0.663. The molecule has 21 heavy (non-hydrogen) atoms. The molecule has 1 atom stereocenters. The van der Waals surface area contributed by atoms with E-state index in [0.29, 0.717) is 25.0 Å². The Kier molecular flexibility index (Phi) is 5.42. The van der Waals surface area contributed by atoms with Crippen LogP contribution in [0.4, 0.5) is 8.78 Å². The number of carbonyl (C=O) groups excluding carboxylic acids is 1. The largest absolute Gasteiger partial charge is 0.391 e. The van der Waals surface area contributed by atoms with E-state index in [4.69, 9.17) is 4.84 Å². The quantitative estimate of drug-likeness (QED) is 0.713. The first-order valence-electron chi connectivity index (χ1n) is 7.30. The summed E-state index contributed by atoms with van der Waals surface area (Å²) in [5, 5.41) is 3.83. The van der Waals surface area contributed by atoms with E-state index < -0.39 is 11.6 Å². The molecule has 1 heterocycles. The minimum absolute atomic E-state index is 0.143. The molecule has 0 aliphatic carbocycles. The summed E-state index contributed by atoms with van der Waals surface area (Å²) >= 11 is 0. The topological polar surface area (TPSA) is 38.7 Å². The number of halogens is 2. The zero-order valence-electron chi connectivity index (χ0n) is 12.1. The van der Waals surface area contributed by atoms with Gasteiger partial charge < -0.3 is 4.84 Å². The number of Topliss-reactive ketones (excluding diaryl/α,β-unsaturated/α-hetero) is 1. The molecule has 0 bridgehead atoms. The van der Waals surface area contributed by atoms with Gasteiger partial charge in [-0.25, -0.2) is 8.78 Å². The zero-order chi connectivity index (χ0) is 15.2. The highest BCUT2D eigenvalue weighted by Gasteiger charge is 2.26. The summed E-state index contributed by atoms with van der Waals surface area (Å²) in [4.78, 5) is 17.0. The van der Waals surface area contributed by atoms with E-state index >= 15 is 0 Å². The highest BCUT2D eigenvalue weighted by atomic mass is 19.1. The fraction of sp³-hybridized carbons (Fsp3) is 0.500. The van der Waals surface area contributed by atoms with Gasteiger partial charge in [0.2, 0.25) is 0 Å². The maximum absolute atomic E-state index is 13.7. The van der Waals surface area contributed by atoms with Crippen LogP contribution in [0.15, 0.2) is 23.4 Å². The number of carbonyl (C=O) groups is 1. The van der Waals surface area contributed by atoms with Crippen molar-refractivity contribution in [3.05, 3.63) is 35.4 Å². The molecule has 5 heteroatoms. The Morgan fingerprint density at radius 3 is 2.90 bits per heavy atom. The summed E-state index contributed by atoms with van der Waals surface area (Å²) in [6.07, 6.45) is 3.89. The molecule has 0 saturated carbocycles. The molecular weight excluding hydrogens is 276 g/mol. The Morgan fingerprint density at radius 2 is 2.19 bits per heavy atom. The average molecular weight is 295 g/mol. The molecule has 3 nitrogen and oxygen atoms in total. The highest BCUT2D eigenvalue weighted by molar-refractivity contribution is 6.01. The number of ketones is 1. The molecule has 114 valence electrons. The van der Waals surface area contributed by atoms with Crippen LogP contribution in [0.5, 0.6) is 0 Å². The van der Waals surface area contributed by atoms with Crippen molar-refractivity contribution in [2.45, 2.75) is 51.6 Å². The molecule has 1 aliphatic heterocycles. The van der Waals surface area contributed by atoms with Gasteiger partial charge in [0.05, 0.1) is 5.71 Å². The van der Waals surface area contributed by atoms with Gasteiger partial charge in [0, 0.05) is 30.9 Å². The zero-order valence-corrected chi connectivity index (χ0v) is 12.1. The van der Waals surface area contributed by atoms with Crippen LogP contribution in [0.3, 0.4) is 0 Å². The van der Waals surface area contributed by atoms with Gasteiger partial charge in [-0.1, -0.05) is 24.9 Å². The van der Waals surface area contributed by atoms with Crippen LogP contribution in [0.1, 0.15) is 51.0 Å². The summed E-state index contributed by atoms with van der Waals surface area (Å²) in [6, 6.07) is 3.35. The molecule has 0 fully saturated rings. The second-order valence-electron chi connectivity index (χ2n) is 5.29. The normalized spacial score (nSPS) is 17.5. The summed E-state index contributed by atoms with van der Waals surface area (Å²) < 4.78 is 26.5. The van der Waals surface area contributed by atoms with Gasteiger partial charge in [-0.05, 0) is 18.6 Å². The highest BCUT2D eigenvalue weighted by Crippen LogP contribution is 2.22. The fourth-order valence-corrected chi connectivity index (χ4v) is 2.35. The predicted octanol–water partition coefficient (Wildman–Crippen LogP) is 4.00. The van der Waals surface area contributed by atoms with Crippen molar-refractivity contribution in [1.82, 2.24) is 0 Å². The van der Waals surface area contributed by atoms with Crippen molar-refractivity contribution in [3.8, 4) is 0 Å². The van der Waals surface area contributed by atoms with Crippen molar-refractivity contribution in [3.63, 3.8) is 0 Å². The van der Waals surface area contributed by atoms with Gasteiger partial charge in [-0.3, -0.25) is 4.79 Å². The van der Waals surface area contributed by atoms with Crippen LogP contribution in [0, 0.1) is 11.6 Å². The number of benzene rings is 1. The Morgan fingerprint density at radius 1 is 1.38 bits per heavy atom. The molecule has 0 amide bonds. The lowest BCUT2D eigenvalue weighted by Crippen LogP contribution is -2.14. The monoisotopic (exact) mass is 295 g/mol. The minimum Gasteiger partial charge on any atom is -0.391 e. The number of hydrogen-bond donors (Lipinski definition) is 0. The minimum atomic E-state index is -0.660. The van der Waals surface area contributed by atoms with Crippen LogP contribution in [-0.4, -0.2) is 17.6 Å². The third kappa shape index (κ3) is 4.34. The lowest BCUT2D eigenvalue weighted by molar-refractivity contribution is -0.121. The maximum Gasteiger partial charge on any atom is 0.140 e. The molecule has 0 aromatic heterocycles. The van der Waals surface area contributed by atoms with Gasteiger partial charge in [0.1, 0.15) is 23.5 Å². The molecule has 1 aliphatic rings. The van der Waals surface area contributed by atoms with Crippen molar-refractivity contribution >= 4 is 11.5 Å². The third-order valence-corrected chi connectivity index (χ3v) is 3.49. The Balaban J connectivity index is 1.86. The molecule has 0 spiro atoms. The van der Waals surface area contributed by atoms with Crippen molar-refractivity contribution in [2.75, 3.05) is 0 Å². The van der Waals surface area contributed by atoms with Crippen molar-refractivity contribution in [2.24, 2.45) is 5.16 Å². The number of rotatable bonds is 7. The first-order chi connectivity index (χ1) is 10.1. The molecular formula is C16H19F2NO2. The third-order valence-electron chi connectivity index (χ3n) is 3.49. The van der Waals surface area contributed by atoms with E-state index in [0.717, 1.165) is 25.3 Å². The van der Waals surface area contributed by atoms with Gasteiger partial charge in [0.15, 0.2) is 0 Å². The average Bonchev–Trinajstić information content (AvgIpc) is 2.87. The summed E-state index contributed by atoms with van der Waals surface area (Å²) in [5.74, 6) is -1.14. The van der Waals surface area contributed by atoms with Crippen LogP contribution in [0.2, 0.25) is 0 Å². The first kappa shape index (κ1) is 15.6. The molecule has 2 rings (SSSR count). The van der Waals surface area contributed by atoms with Crippen molar-refractivity contribution in [1.29, 1.82) is 0 Å². The number of unbranched alkanes of at least 4 members (excludes halogenated alkanes) is 2. The Bertz CT molecular complexity index is 543. The second-order valence-corrected chi connectivity index (χ2v) is 5.29. The molecule has 1 aromatic rings. The van der Waals surface area contributed by atoms with Gasteiger partial charge in [-0.15, -0.1) is 0 Å². The van der Waals surface area contributed by atoms with E-state index in [-0.39, 0.29) is 17.5 Å². The predicted molar refractivity (Wildman–Crippen MR) is 76.2 cm³/mol.